The number of carbonyl (C=O) groups excluding carboxylic acids is 1. The van der Waals surface area contributed by atoms with Crippen LogP contribution >= 0.6 is 23.2 Å². The first-order valence-corrected chi connectivity index (χ1v) is 10.1. The van der Waals surface area contributed by atoms with Crippen LogP contribution < -0.4 is 16.1 Å². The summed E-state index contributed by atoms with van der Waals surface area (Å²) in [5.74, 6) is 0.409. The highest BCUT2D eigenvalue weighted by atomic mass is 35.5. The molecule has 1 aliphatic heterocycles. The maximum Gasteiger partial charge on any atom is 0.417 e. The Morgan fingerprint density at radius 3 is 2.30 bits per heavy atom. The van der Waals surface area contributed by atoms with Crippen molar-refractivity contribution < 1.29 is 23.4 Å². The van der Waals surface area contributed by atoms with Crippen molar-refractivity contribution in [1.82, 2.24) is 0 Å². The summed E-state index contributed by atoms with van der Waals surface area (Å²) in [7, 11) is 0. The molecule has 0 bridgehead atoms. The number of quaternary nitrogens is 1. The molecule has 7 nitrogen and oxygen atoms in total. The summed E-state index contributed by atoms with van der Waals surface area (Å²) in [6, 6.07) is 14.7. The molecule has 0 aliphatic carbocycles. The zero-order valence-corrected chi connectivity index (χ0v) is 18.0. The number of halogens is 5. The lowest BCUT2D eigenvalue weighted by molar-refractivity contribution is -0.546. The number of nitrogens with zero attached hydrogens (tertiary/aromatic N) is 3. The lowest BCUT2D eigenvalue weighted by atomic mass is 10.0. The Morgan fingerprint density at radius 2 is 1.64 bits per heavy atom. The third-order valence-corrected chi connectivity index (χ3v) is 5.22. The second-order valence-electron chi connectivity index (χ2n) is 6.86. The number of amidine groups is 1. The largest absolute Gasteiger partial charge is 0.417 e. The summed E-state index contributed by atoms with van der Waals surface area (Å²) in [6.07, 6.45) is -4.65. The standard InChI is InChI=1S/C21H13Cl2F3N6O/c22-13-4-1-11(2-5-13)12-3-8-18(15(9-12)19-29-31-32-30-19)28-20(33)27-14-6-7-17(23)16(10-14)21(24,25)26/h1-10H,(H2,27,28,33)(H,29,30,31,32)/p+1. The predicted octanol–water partition coefficient (Wildman–Crippen LogP) is 5.93. The second-order valence-corrected chi connectivity index (χ2v) is 7.70. The average molecular weight is 494 g/mol. The molecule has 0 atom stereocenters. The molecule has 0 spiro atoms. The van der Waals surface area contributed by atoms with Gasteiger partial charge < -0.3 is 10.6 Å². The zero-order valence-electron chi connectivity index (χ0n) is 16.5. The lowest BCUT2D eigenvalue weighted by Crippen LogP contribution is -2.80. The molecule has 2 amide bonds. The molecule has 0 fully saturated rings. The first-order chi connectivity index (χ1) is 15.7. The summed E-state index contributed by atoms with van der Waals surface area (Å²) in [6.45, 7) is 0. The molecule has 1 heterocycles. The van der Waals surface area contributed by atoms with Crippen LogP contribution in [0.25, 0.3) is 11.1 Å². The zero-order chi connectivity index (χ0) is 23.6. The molecular weight excluding hydrogens is 480 g/mol. The molecule has 0 radical (unpaired) electrons. The number of urea groups is 1. The van der Waals surface area contributed by atoms with Crippen molar-refractivity contribution in [2.75, 3.05) is 10.6 Å². The molecule has 168 valence electrons. The minimum absolute atomic E-state index is 0.0710. The van der Waals surface area contributed by atoms with Gasteiger partial charge in [0.1, 0.15) is 0 Å². The Kier molecular flexibility index (Phi) is 6.32. The summed E-state index contributed by atoms with van der Waals surface area (Å²) in [4.78, 5) is 12.5. The number of nitrogens with two attached hydrogens (primary N) is 1. The third kappa shape index (κ3) is 5.30. The molecular formula is C21H14Cl2F3N6O+. The Morgan fingerprint density at radius 1 is 0.909 bits per heavy atom. The highest BCUT2D eigenvalue weighted by molar-refractivity contribution is 6.31. The number of benzene rings is 3. The summed E-state index contributed by atoms with van der Waals surface area (Å²) < 4.78 is 39.3. The van der Waals surface area contributed by atoms with Gasteiger partial charge in [-0.25, -0.2) is 4.79 Å². The van der Waals surface area contributed by atoms with Crippen LogP contribution in [0, 0.1) is 0 Å². The van der Waals surface area contributed by atoms with Gasteiger partial charge in [-0.1, -0.05) is 46.5 Å². The van der Waals surface area contributed by atoms with Crippen LogP contribution in [0.3, 0.4) is 0 Å². The fraction of sp³-hybridized carbons (Fsp3) is 0.0476. The van der Waals surface area contributed by atoms with E-state index >= 15 is 0 Å². The van der Waals surface area contributed by atoms with E-state index in [1.807, 2.05) is 12.1 Å². The third-order valence-electron chi connectivity index (χ3n) is 4.64. The van der Waals surface area contributed by atoms with Crippen LogP contribution in [0.4, 0.5) is 29.3 Å². The molecule has 4 rings (SSSR count). The Labute approximate surface area is 195 Å². The smallest absolute Gasteiger partial charge is 0.308 e. The Hall–Kier alpha value is -3.47. The van der Waals surface area contributed by atoms with Gasteiger partial charge in [-0.3, -0.25) is 0 Å². The molecule has 0 saturated heterocycles. The first kappa shape index (κ1) is 22.7. The number of hydrogen-bond donors (Lipinski definition) is 3. The number of hydrogen-bond acceptors (Lipinski definition) is 4. The van der Waals surface area contributed by atoms with E-state index in [2.05, 4.69) is 26.2 Å². The minimum atomic E-state index is -4.65. The van der Waals surface area contributed by atoms with Crippen molar-refractivity contribution in [3.8, 4) is 11.1 Å². The monoisotopic (exact) mass is 493 g/mol. The first-order valence-electron chi connectivity index (χ1n) is 9.37. The fourth-order valence-electron chi connectivity index (χ4n) is 3.10. The van der Waals surface area contributed by atoms with Crippen LogP contribution in [-0.2, 0) is 6.18 Å². The SMILES string of the molecule is O=C(Nc1ccc(Cl)c(C(F)(F)F)c1)Nc1ccc(-c2ccc(Cl)cc2)cc1C1=NN=N[NH2+]1. The van der Waals surface area contributed by atoms with Gasteiger partial charge in [-0.15, -0.1) is 5.43 Å². The van der Waals surface area contributed by atoms with Crippen LogP contribution in [0.5, 0.6) is 0 Å². The highest BCUT2D eigenvalue weighted by Gasteiger charge is 2.33. The van der Waals surface area contributed by atoms with Crippen molar-refractivity contribution in [2.24, 2.45) is 15.5 Å². The topological polar surface area (TPSA) is 94.8 Å². The number of carbonyl (C=O) groups is 1. The van der Waals surface area contributed by atoms with E-state index in [4.69, 9.17) is 23.2 Å². The van der Waals surface area contributed by atoms with Crippen LogP contribution in [-0.4, -0.2) is 11.9 Å². The van der Waals surface area contributed by atoms with Crippen molar-refractivity contribution in [2.45, 2.75) is 6.18 Å². The molecule has 0 saturated carbocycles. The molecule has 12 heteroatoms. The van der Waals surface area contributed by atoms with Gasteiger partial charge in [-0.2, -0.15) is 13.2 Å². The van der Waals surface area contributed by atoms with Crippen molar-refractivity contribution in [3.05, 3.63) is 81.8 Å². The normalized spacial score (nSPS) is 13.1. The maximum absolute atomic E-state index is 13.1. The Balaban J connectivity index is 1.60. The van der Waals surface area contributed by atoms with Gasteiger partial charge >= 0.3 is 12.2 Å². The van der Waals surface area contributed by atoms with E-state index in [1.54, 1.807) is 30.3 Å². The number of rotatable bonds is 4. The maximum atomic E-state index is 13.1. The van der Waals surface area contributed by atoms with E-state index < -0.39 is 22.8 Å². The van der Waals surface area contributed by atoms with Gasteiger partial charge in [0.15, 0.2) is 0 Å². The van der Waals surface area contributed by atoms with E-state index in [-0.39, 0.29) is 5.69 Å². The van der Waals surface area contributed by atoms with E-state index in [9.17, 15) is 18.0 Å². The van der Waals surface area contributed by atoms with Crippen molar-refractivity contribution >= 4 is 46.4 Å². The second kappa shape index (κ2) is 9.18. The van der Waals surface area contributed by atoms with E-state index in [1.165, 1.54) is 11.5 Å². The number of nitrogens with one attached hydrogen (secondary N) is 2. The number of anilines is 2. The fourth-order valence-corrected chi connectivity index (χ4v) is 3.45. The molecule has 3 aromatic carbocycles. The molecule has 0 aromatic heterocycles. The van der Waals surface area contributed by atoms with E-state index in [0.717, 1.165) is 23.3 Å². The molecule has 4 N–H and O–H groups in total. The predicted molar refractivity (Wildman–Crippen MR) is 119 cm³/mol. The summed E-state index contributed by atoms with van der Waals surface area (Å²) in [5.41, 5.74) is 2.89. The molecule has 33 heavy (non-hydrogen) atoms. The van der Waals surface area contributed by atoms with Crippen molar-refractivity contribution in [1.29, 1.82) is 0 Å². The van der Waals surface area contributed by atoms with Crippen LogP contribution in [0.1, 0.15) is 11.1 Å². The van der Waals surface area contributed by atoms with Crippen LogP contribution in [0.2, 0.25) is 10.0 Å². The number of amides is 2. The van der Waals surface area contributed by atoms with Gasteiger partial charge in [0.05, 0.1) is 27.1 Å². The van der Waals surface area contributed by atoms with Gasteiger partial charge in [0, 0.05) is 15.9 Å². The molecule has 0 unspecified atom stereocenters. The lowest BCUT2D eigenvalue weighted by Gasteiger charge is -2.14. The quantitative estimate of drug-likeness (QED) is 0.386. The van der Waals surface area contributed by atoms with E-state index in [0.29, 0.717) is 22.1 Å². The summed E-state index contributed by atoms with van der Waals surface area (Å²) in [5, 5.41) is 16.4. The van der Waals surface area contributed by atoms with Gasteiger partial charge in [0.2, 0.25) is 0 Å². The highest BCUT2D eigenvalue weighted by Crippen LogP contribution is 2.36. The minimum Gasteiger partial charge on any atom is -0.308 e. The average Bonchev–Trinajstić information content (AvgIpc) is 3.30. The summed E-state index contributed by atoms with van der Waals surface area (Å²) >= 11 is 11.6. The molecule has 1 aliphatic rings. The number of alkyl halides is 3. The van der Waals surface area contributed by atoms with Gasteiger partial charge in [-0.05, 0) is 53.6 Å². The van der Waals surface area contributed by atoms with Gasteiger partial charge in [0.25, 0.3) is 5.84 Å². The van der Waals surface area contributed by atoms with Crippen molar-refractivity contribution in [3.63, 3.8) is 0 Å². The van der Waals surface area contributed by atoms with Crippen LogP contribution in [0.15, 0.2) is 76.2 Å². The molecule has 3 aromatic rings. The Bertz CT molecular complexity index is 1280.